The Balaban J connectivity index is 2.11. The van der Waals surface area contributed by atoms with Crippen LogP contribution in [0.5, 0.6) is 0 Å². The van der Waals surface area contributed by atoms with Crippen LogP contribution in [0, 0.1) is 0 Å². The van der Waals surface area contributed by atoms with E-state index in [0.717, 1.165) is 28.2 Å². The fourth-order valence-electron chi connectivity index (χ4n) is 1.99. The molecule has 23 heavy (non-hydrogen) atoms. The zero-order valence-corrected chi connectivity index (χ0v) is 13.3. The summed E-state index contributed by atoms with van der Waals surface area (Å²) < 4.78 is 0. The predicted molar refractivity (Wildman–Crippen MR) is 101 cm³/mol. The molecule has 2 aromatic rings. The Bertz CT molecular complexity index is 770. The SMILES string of the molecule is C=C/C(C)=C\C(=C)/C=C\c1cccc(Nc2cc(N)ccn2)c1. The van der Waals surface area contributed by atoms with Crippen LogP contribution in [0.2, 0.25) is 0 Å². The van der Waals surface area contributed by atoms with Crippen molar-refractivity contribution in [3.8, 4) is 0 Å². The summed E-state index contributed by atoms with van der Waals surface area (Å²) >= 11 is 0. The van der Waals surface area contributed by atoms with Crippen molar-refractivity contribution in [2.24, 2.45) is 0 Å². The summed E-state index contributed by atoms with van der Waals surface area (Å²) in [4.78, 5) is 4.24. The Labute approximate surface area is 137 Å². The van der Waals surface area contributed by atoms with Gasteiger partial charge in [-0.15, -0.1) is 0 Å². The number of aromatic nitrogens is 1. The smallest absolute Gasteiger partial charge is 0.132 e. The maximum Gasteiger partial charge on any atom is 0.132 e. The van der Waals surface area contributed by atoms with E-state index in [2.05, 4.69) is 23.5 Å². The highest BCUT2D eigenvalue weighted by molar-refractivity contribution is 5.64. The van der Waals surface area contributed by atoms with Crippen molar-refractivity contribution in [1.29, 1.82) is 0 Å². The summed E-state index contributed by atoms with van der Waals surface area (Å²) in [7, 11) is 0. The first kappa shape index (κ1) is 16.3. The van der Waals surface area contributed by atoms with E-state index in [1.54, 1.807) is 18.3 Å². The lowest BCUT2D eigenvalue weighted by atomic mass is 10.1. The lowest BCUT2D eigenvalue weighted by Crippen LogP contribution is -1.95. The highest BCUT2D eigenvalue weighted by atomic mass is 15.0. The summed E-state index contributed by atoms with van der Waals surface area (Å²) in [5, 5.41) is 3.24. The first-order chi connectivity index (χ1) is 11.1. The molecule has 0 radical (unpaired) electrons. The standard InChI is InChI=1S/C20H21N3/c1-4-15(2)12-16(3)8-9-17-6-5-7-19(13-17)23-20-14-18(21)10-11-22-20/h4-14H,1,3H2,2H3,(H3,21,22,23)/b9-8-,15-12-. The highest BCUT2D eigenvalue weighted by Crippen LogP contribution is 2.18. The zero-order valence-electron chi connectivity index (χ0n) is 13.3. The normalized spacial score (nSPS) is 11.4. The van der Waals surface area contributed by atoms with Crippen molar-refractivity contribution in [2.45, 2.75) is 6.92 Å². The Kier molecular flexibility index (Phi) is 5.53. The molecule has 3 N–H and O–H groups in total. The fraction of sp³-hybridized carbons (Fsp3) is 0.0500. The molecule has 0 amide bonds. The van der Waals surface area contributed by atoms with Crippen LogP contribution in [0.25, 0.3) is 6.08 Å². The number of allylic oxidation sites excluding steroid dienone is 5. The number of nitrogens with one attached hydrogen (secondary N) is 1. The maximum absolute atomic E-state index is 5.76. The van der Waals surface area contributed by atoms with Gasteiger partial charge in [-0.25, -0.2) is 4.98 Å². The van der Waals surface area contributed by atoms with Crippen LogP contribution >= 0.6 is 0 Å². The largest absolute Gasteiger partial charge is 0.399 e. The molecule has 0 aliphatic rings. The van der Waals surface area contributed by atoms with Gasteiger partial charge in [-0.2, -0.15) is 0 Å². The minimum atomic E-state index is 0.680. The first-order valence-electron chi connectivity index (χ1n) is 7.33. The van der Waals surface area contributed by atoms with Crippen LogP contribution in [0.1, 0.15) is 12.5 Å². The molecule has 0 unspecified atom stereocenters. The lowest BCUT2D eigenvalue weighted by molar-refractivity contribution is 1.31. The summed E-state index contributed by atoms with van der Waals surface area (Å²) in [6.07, 6.45) is 9.47. The van der Waals surface area contributed by atoms with Gasteiger partial charge in [-0.1, -0.05) is 55.2 Å². The number of nitrogens with two attached hydrogens (primary N) is 1. The van der Waals surface area contributed by atoms with Gasteiger partial charge in [-0.3, -0.25) is 0 Å². The molecule has 0 spiro atoms. The van der Waals surface area contributed by atoms with E-state index in [0.29, 0.717) is 5.69 Å². The van der Waals surface area contributed by atoms with Crippen LogP contribution in [-0.2, 0) is 0 Å². The molecular weight excluding hydrogens is 282 g/mol. The monoisotopic (exact) mass is 303 g/mol. The Hall–Kier alpha value is -3.07. The van der Waals surface area contributed by atoms with Crippen molar-refractivity contribution in [3.63, 3.8) is 0 Å². The third-order valence-corrected chi connectivity index (χ3v) is 3.17. The molecule has 0 aliphatic carbocycles. The number of hydrogen-bond acceptors (Lipinski definition) is 3. The fourth-order valence-corrected chi connectivity index (χ4v) is 1.99. The van der Waals surface area contributed by atoms with Gasteiger partial charge < -0.3 is 11.1 Å². The Morgan fingerprint density at radius 1 is 1.26 bits per heavy atom. The second kappa shape index (κ2) is 7.80. The number of pyridine rings is 1. The molecule has 0 atom stereocenters. The van der Waals surface area contributed by atoms with E-state index in [9.17, 15) is 0 Å². The molecule has 3 heteroatoms. The van der Waals surface area contributed by atoms with E-state index in [1.165, 1.54) is 0 Å². The molecule has 0 saturated heterocycles. The topological polar surface area (TPSA) is 50.9 Å². The maximum atomic E-state index is 5.76. The van der Waals surface area contributed by atoms with Crippen molar-refractivity contribution < 1.29 is 0 Å². The Morgan fingerprint density at radius 2 is 2.09 bits per heavy atom. The van der Waals surface area contributed by atoms with E-state index in [4.69, 9.17) is 5.73 Å². The molecule has 0 saturated carbocycles. The van der Waals surface area contributed by atoms with Crippen molar-refractivity contribution in [1.82, 2.24) is 4.98 Å². The third-order valence-electron chi connectivity index (χ3n) is 3.17. The molecule has 116 valence electrons. The van der Waals surface area contributed by atoms with E-state index in [-0.39, 0.29) is 0 Å². The van der Waals surface area contributed by atoms with Crippen LogP contribution in [-0.4, -0.2) is 4.98 Å². The second-order valence-electron chi connectivity index (χ2n) is 5.23. The van der Waals surface area contributed by atoms with Crippen molar-refractivity contribution in [2.75, 3.05) is 11.1 Å². The summed E-state index contributed by atoms with van der Waals surface area (Å²) in [5.41, 5.74) is 10.5. The number of anilines is 3. The van der Waals surface area contributed by atoms with Gasteiger partial charge in [0.05, 0.1) is 0 Å². The van der Waals surface area contributed by atoms with Gasteiger partial charge in [0.1, 0.15) is 5.82 Å². The minimum absolute atomic E-state index is 0.680. The van der Waals surface area contributed by atoms with E-state index < -0.39 is 0 Å². The molecule has 1 aromatic heterocycles. The number of hydrogen-bond donors (Lipinski definition) is 2. The van der Waals surface area contributed by atoms with Gasteiger partial charge in [0.25, 0.3) is 0 Å². The number of rotatable bonds is 6. The molecule has 2 rings (SSSR count). The van der Waals surface area contributed by atoms with Crippen LogP contribution in [0.4, 0.5) is 17.2 Å². The molecule has 0 aliphatic heterocycles. The summed E-state index contributed by atoms with van der Waals surface area (Å²) in [5.74, 6) is 0.722. The predicted octanol–water partition coefficient (Wildman–Crippen LogP) is 5.11. The van der Waals surface area contributed by atoms with Crippen LogP contribution in [0.15, 0.2) is 85.1 Å². The van der Waals surface area contributed by atoms with Gasteiger partial charge in [0.15, 0.2) is 0 Å². The van der Waals surface area contributed by atoms with E-state index in [1.807, 2.05) is 55.5 Å². The average molecular weight is 303 g/mol. The molecular formula is C20H21N3. The van der Waals surface area contributed by atoms with Crippen LogP contribution < -0.4 is 11.1 Å². The molecule has 1 heterocycles. The molecule has 1 aromatic carbocycles. The second-order valence-corrected chi connectivity index (χ2v) is 5.23. The molecule has 0 bridgehead atoms. The number of nitrogens with zero attached hydrogens (tertiary/aromatic N) is 1. The first-order valence-corrected chi connectivity index (χ1v) is 7.33. The van der Waals surface area contributed by atoms with Crippen molar-refractivity contribution >= 4 is 23.3 Å². The number of nitrogen functional groups attached to an aromatic ring is 1. The number of benzene rings is 1. The van der Waals surface area contributed by atoms with Crippen LogP contribution in [0.3, 0.4) is 0 Å². The minimum Gasteiger partial charge on any atom is -0.399 e. The molecule has 3 nitrogen and oxygen atoms in total. The zero-order chi connectivity index (χ0) is 16.7. The highest BCUT2D eigenvalue weighted by Gasteiger charge is 1.97. The van der Waals surface area contributed by atoms with Gasteiger partial charge >= 0.3 is 0 Å². The molecule has 0 fully saturated rings. The van der Waals surface area contributed by atoms with Crippen molar-refractivity contribution in [3.05, 3.63) is 90.7 Å². The summed E-state index contributed by atoms with van der Waals surface area (Å²) in [6, 6.07) is 11.6. The Morgan fingerprint density at radius 3 is 2.83 bits per heavy atom. The third kappa shape index (κ3) is 5.32. The quantitative estimate of drug-likeness (QED) is 0.729. The average Bonchev–Trinajstić information content (AvgIpc) is 2.53. The van der Waals surface area contributed by atoms with E-state index >= 15 is 0 Å². The lowest BCUT2D eigenvalue weighted by Gasteiger charge is -2.06. The van der Waals surface area contributed by atoms with Gasteiger partial charge in [0.2, 0.25) is 0 Å². The summed E-state index contributed by atoms with van der Waals surface area (Å²) in [6.45, 7) is 9.74. The van der Waals surface area contributed by atoms with Gasteiger partial charge in [-0.05, 0) is 36.3 Å². The van der Waals surface area contributed by atoms with Gasteiger partial charge in [0, 0.05) is 23.6 Å².